The third-order valence-corrected chi connectivity index (χ3v) is 6.42. The van der Waals surface area contributed by atoms with Gasteiger partial charge in [0.05, 0.1) is 0 Å². The van der Waals surface area contributed by atoms with E-state index in [4.69, 9.17) is 9.47 Å². The molecule has 0 aliphatic heterocycles. The molecule has 0 unspecified atom stereocenters. The highest BCUT2D eigenvalue weighted by Crippen LogP contribution is 2.37. The summed E-state index contributed by atoms with van der Waals surface area (Å²) in [6.45, 7) is 13.5. The van der Waals surface area contributed by atoms with Crippen molar-refractivity contribution in [3.8, 4) is 0 Å². The molecule has 0 aromatic rings. The molecule has 0 N–H and O–H groups in total. The van der Waals surface area contributed by atoms with Crippen molar-refractivity contribution >= 4 is 6.16 Å². The number of hydrogen-bond acceptors (Lipinski definition) is 3. The quantitative estimate of drug-likeness (QED) is 0.584. The van der Waals surface area contributed by atoms with Gasteiger partial charge >= 0.3 is 6.16 Å². The van der Waals surface area contributed by atoms with Crippen LogP contribution in [0.25, 0.3) is 0 Å². The van der Waals surface area contributed by atoms with Crippen LogP contribution in [0.5, 0.6) is 0 Å². The number of rotatable bonds is 4. The van der Waals surface area contributed by atoms with Crippen molar-refractivity contribution in [3.63, 3.8) is 0 Å². The summed E-state index contributed by atoms with van der Waals surface area (Å²) in [4.78, 5) is 12.5. The molecule has 2 aliphatic carbocycles. The molecule has 2 fully saturated rings. The minimum Gasteiger partial charge on any atom is -0.431 e. The first-order valence-corrected chi connectivity index (χ1v) is 10.1. The van der Waals surface area contributed by atoms with Crippen molar-refractivity contribution in [2.45, 2.75) is 92.3 Å². The number of ether oxygens (including phenoxy) is 2. The fourth-order valence-corrected chi connectivity index (χ4v) is 4.78. The van der Waals surface area contributed by atoms with E-state index >= 15 is 0 Å². The Bertz CT molecular complexity index is 368. The van der Waals surface area contributed by atoms with Gasteiger partial charge in [0, 0.05) is 0 Å². The molecule has 3 heteroatoms. The fourth-order valence-electron chi connectivity index (χ4n) is 4.78. The average molecular weight is 339 g/mol. The van der Waals surface area contributed by atoms with Gasteiger partial charge in [0.1, 0.15) is 12.2 Å². The summed E-state index contributed by atoms with van der Waals surface area (Å²) in [6, 6.07) is 0. The molecule has 0 saturated heterocycles. The zero-order valence-corrected chi connectivity index (χ0v) is 16.6. The summed E-state index contributed by atoms with van der Waals surface area (Å²) in [7, 11) is 0. The van der Waals surface area contributed by atoms with Gasteiger partial charge in [-0.25, -0.2) is 4.79 Å². The molecule has 3 nitrogen and oxygen atoms in total. The van der Waals surface area contributed by atoms with E-state index < -0.39 is 6.16 Å². The zero-order chi connectivity index (χ0) is 17.9. The minimum atomic E-state index is -0.426. The second kappa shape index (κ2) is 8.58. The van der Waals surface area contributed by atoms with E-state index in [9.17, 15) is 4.79 Å². The van der Waals surface area contributed by atoms with Gasteiger partial charge in [-0.05, 0) is 61.2 Å². The highest BCUT2D eigenvalue weighted by atomic mass is 16.7. The maximum absolute atomic E-state index is 12.5. The highest BCUT2D eigenvalue weighted by molar-refractivity contribution is 5.60. The van der Waals surface area contributed by atoms with E-state index in [-0.39, 0.29) is 12.2 Å². The molecule has 2 aliphatic rings. The standard InChI is InChI=1S/C21H38O3/c1-13(2)17-9-7-15(5)11-19(17)23-21(22)24-20-12-16(6)8-10-18(20)14(3)4/h13-20H,7-12H2,1-6H3/t15-,16-,17-,18+,19+,20+/m0/s1. The molecule has 2 saturated carbocycles. The SMILES string of the molecule is CC(C)[C@H]1CC[C@H](C)C[C@H]1OC(=O)O[C@@H]1C[C@@H](C)CC[C@H]1C(C)C. The third-order valence-electron chi connectivity index (χ3n) is 6.42. The Hall–Kier alpha value is -0.730. The Morgan fingerprint density at radius 1 is 0.750 bits per heavy atom. The van der Waals surface area contributed by atoms with Crippen LogP contribution in [-0.2, 0) is 9.47 Å². The molecule has 0 aromatic heterocycles. The first kappa shape index (κ1) is 19.6. The largest absolute Gasteiger partial charge is 0.508 e. The van der Waals surface area contributed by atoms with E-state index in [1.54, 1.807) is 0 Å². The monoisotopic (exact) mass is 338 g/mol. The lowest BCUT2D eigenvalue weighted by Gasteiger charge is -2.38. The van der Waals surface area contributed by atoms with Crippen molar-refractivity contribution in [2.24, 2.45) is 35.5 Å². The first-order chi connectivity index (χ1) is 11.3. The Balaban J connectivity index is 1.94. The summed E-state index contributed by atoms with van der Waals surface area (Å²) in [5.41, 5.74) is 0. The van der Waals surface area contributed by atoms with Crippen LogP contribution < -0.4 is 0 Å². The number of carbonyl (C=O) groups is 1. The van der Waals surface area contributed by atoms with E-state index in [2.05, 4.69) is 41.5 Å². The molecule has 0 bridgehead atoms. The molecule has 0 amide bonds. The molecular formula is C21H38O3. The van der Waals surface area contributed by atoms with Crippen LogP contribution in [0.1, 0.15) is 80.1 Å². The summed E-state index contributed by atoms with van der Waals surface area (Å²) in [6.07, 6.45) is 6.39. The minimum absolute atomic E-state index is 0.0276. The van der Waals surface area contributed by atoms with Gasteiger partial charge in [-0.3, -0.25) is 0 Å². The predicted molar refractivity (Wildman–Crippen MR) is 97.8 cm³/mol. The Morgan fingerprint density at radius 3 is 1.46 bits per heavy atom. The highest BCUT2D eigenvalue weighted by Gasteiger charge is 2.37. The van der Waals surface area contributed by atoms with Crippen LogP contribution in [0.2, 0.25) is 0 Å². The van der Waals surface area contributed by atoms with Crippen molar-refractivity contribution < 1.29 is 14.3 Å². The van der Waals surface area contributed by atoms with Gasteiger partial charge in [-0.15, -0.1) is 0 Å². The average Bonchev–Trinajstić information content (AvgIpc) is 2.46. The normalized spacial score (nSPS) is 37.5. The van der Waals surface area contributed by atoms with Crippen LogP contribution in [0.3, 0.4) is 0 Å². The second-order valence-corrected chi connectivity index (χ2v) is 9.21. The Morgan fingerprint density at radius 2 is 1.12 bits per heavy atom. The third kappa shape index (κ3) is 5.13. The molecular weight excluding hydrogens is 300 g/mol. The predicted octanol–water partition coefficient (Wildman–Crippen LogP) is 6.06. The molecule has 0 radical (unpaired) electrons. The summed E-state index contributed by atoms with van der Waals surface area (Å²) >= 11 is 0. The van der Waals surface area contributed by atoms with Gasteiger partial charge in [0.2, 0.25) is 0 Å². The Labute approximate surface area is 148 Å². The van der Waals surface area contributed by atoms with Gasteiger partial charge in [0.15, 0.2) is 0 Å². The molecule has 0 aromatic carbocycles. The zero-order valence-electron chi connectivity index (χ0n) is 16.6. The maximum Gasteiger partial charge on any atom is 0.508 e. The molecule has 0 heterocycles. The van der Waals surface area contributed by atoms with Gasteiger partial charge < -0.3 is 9.47 Å². The van der Waals surface area contributed by atoms with E-state index in [1.807, 2.05) is 0 Å². The van der Waals surface area contributed by atoms with Crippen molar-refractivity contribution in [1.29, 1.82) is 0 Å². The van der Waals surface area contributed by atoms with E-state index in [0.717, 1.165) is 25.7 Å². The molecule has 0 spiro atoms. The lowest BCUT2D eigenvalue weighted by Crippen LogP contribution is -2.39. The maximum atomic E-state index is 12.5. The van der Waals surface area contributed by atoms with E-state index in [1.165, 1.54) is 12.8 Å². The van der Waals surface area contributed by atoms with Gasteiger partial charge in [-0.2, -0.15) is 0 Å². The summed E-state index contributed by atoms with van der Waals surface area (Å²) in [5.74, 6) is 3.31. The van der Waals surface area contributed by atoms with Crippen LogP contribution in [-0.4, -0.2) is 18.4 Å². The van der Waals surface area contributed by atoms with Crippen molar-refractivity contribution in [1.82, 2.24) is 0 Å². The summed E-state index contributed by atoms with van der Waals surface area (Å²) < 4.78 is 11.7. The van der Waals surface area contributed by atoms with E-state index in [0.29, 0.717) is 35.5 Å². The van der Waals surface area contributed by atoms with Crippen molar-refractivity contribution in [3.05, 3.63) is 0 Å². The fraction of sp³-hybridized carbons (Fsp3) is 0.952. The second-order valence-electron chi connectivity index (χ2n) is 9.21. The van der Waals surface area contributed by atoms with Crippen LogP contribution >= 0.6 is 0 Å². The number of carbonyl (C=O) groups excluding carboxylic acids is 1. The first-order valence-electron chi connectivity index (χ1n) is 10.1. The van der Waals surface area contributed by atoms with Crippen LogP contribution in [0.15, 0.2) is 0 Å². The topological polar surface area (TPSA) is 35.5 Å². The molecule has 2 rings (SSSR count). The lowest BCUT2D eigenvalue weighted by molar-refractivity contribution is -0.0697. The Kier molecular flexibility index (Phi) is 7.00. The van der Waals surface area contributed by atoms with Crippen LogP contribution in [0.4, 0.5) is 4.79 Å². The molecule has 6 atom stereocenters. The van der Waals surface area contributed by atoms with Crippen molar-refractivity contribution in [2.75, 3.05) is 0 Å². The van der Waals surface area contributed by atoms with Crippen LogP contribution in [0, 0.1) is 35.5 Å². The summed E-state index contributed by atoms with van der Waals surface area (Å²) in [5, 5.41) is 0. The molecule has 24 heavy (non-hydrogen) atoms. The smallest absolute Gasteiger partial charge is 0.431 e. The number of hydrogen-bond donors (Lipinski definition) is 0. The lowest BCUT2D eigenvalue weighted by atomic mass is 9.75. The molecule has 140 valence electrons. The van der Waals surface area contributed by atoms with Gasteiger partial charge in [-0.1, -0.05) is 54.4 Å². The van der Waals surface area contributed by atoms with Gasteiger partial charge in [0.25, 0.3) is 0 Å².